The Morgan fingerprint density at radius 1 is 1.21 bits per heavy atom. The van der Waals surface area contributed by atoms with Crippen molar-refractivity contribution in [1.29, 1.82) is 0 Å². The van der Waals surface area contributed by atoms with Gasteiger partial charge in [-0.05, 0) is 35.8 Å². The van der Waals surface area contributed by atoms with Gasteiger partial charge in [0.2, 0.25) is 0 Å². The van der Waals surface area contributed by atoms with Crippen molar-refractivity contribution < 1.29 is 23.5 Å². The fourth-order valence-corrected chi connectivity index (χ4v) is 1.71. The molecule has 0 radical (unpaired) electrons. The molecule has 0 aliphatic heterocycles. The highest BCUT2D eigenvalue weighted by atomic mass is 79.9. The first-order valence-corrected chi connectivity index (χ1v) is 5.90. The number of aliphatic carboxylic acids is 1. The SMILES string of the molecule is C/C(C(=O)O)=C(\C)C(=O)Nc1c(F)cc(F)cc1Br. The Morgan fingerprint density at radius 3 is 2.26 bits per heavy atom. The minimum atomic E-state index is -1.24. The van der Waals surface area contributed by atoms with E-state index >= 15 is 0 Å². The number of hydrogen-bond acceptors (Lipinski definition) is 2. The predicted molar refractivity (Wildman–Crippen MR) is 68.7 cm³/mol. The summed E-state index contributed by atoms with van der Waals surface area (Å²) in [5.74, 6) is -3.77. The van der Waals surface area contributed by atoms with Crippen LogP contribution in [-0.2, 0) is 9.59 Å². The van der Waals surface area contributed by atoms with Crippen LogP contribution in [0.15, 0.2) is 27.8 Å². The number of carbonyl (C=O) groups is 2. The van der Waals surface area contributed by atoms with Gasteiger partial charge < -0.3 is 10.4 Å². The molecule has 0 saturated heterocycles. The van der Waals surface area contributed by atoms with Gasteiger partial charge in [0.15, 0.2) is 5.82 Å². The van der Waals surface area contributed by atoms with Crippen LogP contribution in [0.3, 0.4) is 0 Å². The van der Waals surface area contributed by atoms with E-state index in [1.54, 1.807) is 0 Å². The fraction of sp³-hybridized carbons (Fsp3) is 0.167. The topological polar surface area (TPSA) is 66.4 Å². The molecule has 0 bridgehead atoms. The van der Waals surface area contributed by atoms with E-state index in [9.17, 15) is 18.4 Å². The highest BCUT2D eigenvalue weighted by Crippen LogP contribution is 2.27. The van der Waals surface area contributed by atoms with Crippen LogP contribution in [0.2, 0.25) is 0 Å². The van der Waals surface area contributed by atoms with Crippen LogP contribution in [0.1, 0.15) is 13.8 Å². The van der Waals surface area contributed by atoms with E-state index in [1.807, 2.05) is 0 Å². The van der Waals surface area contributed by atoms with Gasteiger partial charge in [0.05, 0.1) is 5.69 Å². The molecule has 0 saturated carbocycles. The number of benzene rings is 1. The molecule has 0 unspecified atom stereocenters. The zero-order valence-electron chi connectivity index (χ0n) is 10.1. The van der Waals surface area contributed by atoms with Crippen molar-refractivity contribution in [2.24, 2.45) is 0 Å². The van der Waals surface area contributed by atoms with Crippen molar-refractivity contribution in [1.82, 2.24) is 0 Å². The third-order valence-corrected chi connectivity index (χ3v) is 3.09. The summed E-state index contributed by atoms with van der Waals surface area (Å²) in [6.45, 7) is 2.56. The molecule has 0 aliphatic rings. The normalized spacial score (nSPS) is 11.8. The Morgan fingerprint density at radius 2 is 1.79 bits per heavy atom. The maximum Gasteiger partial charge on any atom is 0.331 e. The van der Waals surface area contributed by atoms with E-state index in [1.165, 1.54) is 13.8 Å². The summed E-state index contributed by atoms with van der Waals surface area (Å²) >= 11 is 2.91. The molecule has 102 valence electrons. The van der Waals surface area contributed by atoms with Crippen molar-refractivity contribution in [3.05, 3.63) is 39.4 Å². The summed E-state index contributed by atoms with van der Waals surface area (Å²) in [4.78, 5) is 22.4. The third kappa shape index (κ3) is 3.60. The van der Waals surface area contributed by atoms with Crippen molar-refractivity contribution in [3.8, 4) is 0 Å². The van der Waals surface area contributed by atoms with Gasteiger partial charge >= 0.3 is 5.97 Å². The first-order valence-electron chi connectivity index (χ1n) is 5.10. The molecule has 1 amide bonds. The number of carboxylic acid groups (broad SMARTS) is 1. The number of rotatable bonds is 3. The smallest absolute Gasteiger partial charge is 0.331 e. The average Bonchev–Trinajstić information content (AvgIpc) is 2.31. The number of hydrogen-bond donors (Lipinski definition) is 2. The highest BCUT2D eigenvalue weighted by Gasteiger charge is 2.16. The number of carboxylic acids is 1. The predicted octanol–water partition coefficient (Wildman–Crippen LogP) is 3.09. The largest absolute Gasteiger partial charge is 0.478 e. The van der Waals surface area contributed by atoms with Crippen LogP contribution in [0.4, 0.5) is 14.5 Å². The standard InChI is InChI=1S/C12H10BrF2NO3/c1-5(6(2)12(18)19)11(17)16-10-8(13)3-7(14)4-9(10)15/h3-4H,1-2H3,(H,16,17)(H,18,19)/b6-5-. The van der Waals surface area contributed by atoms with Crippen LogP contribution in [0, 0.1) is 11.6 Å². The van der Waals surface area contributed by atoms with Crippen LogP contribution in [-0.4, -0.2) is 17.0 Å². The van der Waals surface area contributed by atoms with Gasteiger partial charge in [0, 0.05) is 21.7 Å². The lowest BCUT2D eigenvalue weighted by molar-refractivity contribution is -0.133. The molecule has 19 heavy (non-hydrogen) atoms. The second kappa shape index (κ2) is 5.92. The zero-order valence-corrected chi connectivity index (χ0v) is 11.6. The first kappa shape index (κ1) is 15.3. The molecule has 0 spiro atoms. The van der Waals surface area contributed by atoms with E-state index in [0.29, 0.717) is 6.07 Å². The Hall–Kier alpha value is -1.76. The third-order valence-electron chi connectivity index (χ3n) is 2.47. The van der Waals surface area contributed by atoms with Gasteiger partial charge in [-0.2, -0.15) is 0 Å². The summed E-state index contributed by atoms with van der Waals surface area (Å²) in [5, 5.41) is 10.9. The molecule has 0 aliphatic carbocycles. The Bertz CT molecular complexity index is 561. The molecule has 1 aromatic carbocycles. The van der Waals surface area contributed by atoms with Crippen molar-refractivity contribution in [3.63, 3.8) is 0 Å². The average molecular weight is 334 g/mol. The van der Waals surface area contributed by atoms with Gasteiger partial charge in [0.1, 0.15) is 5.82 Å². The molecule has 0 heterocycles. The summed E-state index contributed by atoms with van der Waals surface area (Å²) in [6, 6.07) is 1.60. The Kier molecular flexibility index (Phi) is 4.77. The molecule has 7 heteroatoms. The summed E-state index contributed by atoms with van der Waals surface area (Å²) in [5.41, 5.74) is -0.469. The summed E-state index contributed by atoms with van der Waals surface area (Å²) < 4.78 is 26.4. The van der Waals surface area contributed by atoms with Gasteiger partial charge in [-0.25, -0.2) is 13.6 Å². The van der Waals surface area contributed by atoms with Crippen molar-refractivity contribution >= 4 is 33.5 Å². The molecule has 0 aromatic heterocycles. The van der Waals surface area contributed by atoms with E-state index in [0.717, 1.165) is 6.07 Å². The maximum absolute atomic E-state index is 13.5. The van der Waals surface area contributed by atoms with Crippen LogP contribution < -0.4 is 5.32 Å². The molecule has 4 nitrogen and oxygen atoms in total. The zero-order chi connectivity index (χ0) is 14.7. The second-order valence-electron chi connectivity index (χ2n) is 3.75. The Balaban J connectivity index is 3.08. The molecular weight excluding hydrogens is 324 g/mol. The number of anilines is 1. The van der Waals surface area contributed by atoms with E-state index in [2.05, 4.69) is 21.2 Å². The van der Waals surface area contributed by atoms with Gasteiger partial charge in [-0.3, -0.25) is 4.79 Å². The molecular formula is C12H10BrF2NO3. The summed E-state index contributed by atoms with van der Waals surface area (Å²) in [7, 11) is 0. The summed E-state index contributed by atoms with van der Waals surface area (Å²) in [6.07, 6.45) is 0. The lowest BCUT2D eigenvalue weighted by Crippen LogP contribution is -2.17. The first-order chi connectivity index (χ1) is 8.73. The monoisotopic (exact) mass is 333 g/mol. The lowest BCUT2D eigenvalue weighted by Gasteiger charge is -2.10. The maximum atomic E-state index is 13.5. The van der Waals surface area contributed by atoms with Gasteiger partial charge in [-0.1, -0.05) is 0 Å². The molecule has 1 aromatic rings. The van der Waals surface area contributed by atoms with Crippen LogP contribution >= 0.6 is 15.9 Å². The number of nitrogens with one attached hydrogen (secondary N) is 1. The number of carbonyl (C=O) groups excluding carboxylic acids is 1. The van der Waals surface area contributed by atoms with E-state index in [-0.39, 0.29) is 21.3 Å². The molecule has 0 fully saturated rings. The quantitative estimate of drug-likeness (QED) is 0.835. The lowest BCUT2D eigenvalue weighted by atomic mass is 10.1. The number of amides is 1. The highest BCUT2D eigenvalue weighted by molar-refractivity contribution is 9.10. The van der Waals surface area contributed by atoms with Crippen molar-refractivity contribution in [2.45, 2.75) is 13.8 Å². The van der Waals surface area contributed by atoms with Crippen LogP contribution in [0.5, 0.6) is 0 Å². The molecule has 0 atom stereocenters. The minimum absolute atomic E-state index is 0.0270. The molecule has 1 rings (SSSR count). The Labute approximate surface area is 116 Å². The van der Waals surface area contributed by atoms with E-state index < -0.39 is 23.5 Å². The van der Waals surface area contributed by atoms with Gasteiger partial charge in [-0.15, -0.1) is 0 Å². The minimum Gasteiger partial charge on any atom is -0.478 e. The fourth-order valence-electron chi connectivity index (χ4n) is 1.20. The number of halogens is 3. The van der Waals surface area contributed by atoms with Crippen LogP contribution in [0.25, 0.3) is 0 Å². The van der Waals surface area contributed by atoms with E-state index in [4.69, 9.17) is 5.11 Å². The van der Waals surface area contributed by atoms with Crippen molar-refractivity contribution in [2.75, 3.05) is 5.32 Å². The second-order valence-corrected chi connectivity index (χ2v) is 4.61. The van der Waals surface area contributed by atoms with Gasteiger partial charge in [0.25, 0.3) is 5.91 Å². The molecule has 2 N–H and O–H groups in total.